The second-order valence-corrected chi connectivity index (χ2v) is 6.09. The summed E-state index contributed by atoms with van der Waals surface area (Å²) in [5.74, 6) is 1.22. The largest absolute Gasteiger partial charge is 0.323 e. The van der Waals surface area contributed by atoms with Gasteiger partial charge in [0.2, 0.25) is 0 Å². The molecule has 0 aliphatic carbocycles. The van der Waals surface area contributed by atoms with E-state index < -0.39 is 0 Å². The van der Waals surface area contributed by atoms with Crippen molar-refractivity contribution in [1.29, 1.82) is 0 Å². The molecule has 0 amide bonds. The Morgan fingerprint density at radius 2 is 2.10 bits per heavy atom. The Labute approximate surface area is 128 Å². The molecule has 0 N–H and O–H groups in total. The highest BCUT2D eigenvalue weighted by Gasteiger charge is 2.28. The first-order valence-electron chi connectivity index (χ1n) is 7.09. The van der Waals surface area contributed by atoms with E-state index in [0.29, 0.717) is 6.04 Å². The molecule has 0 saturated heterocycles. The molecule has 0 radical (unpaired) electrons. The number of hydrogen-bond acceptors (Lipinski definition) is 2. The van der Waals surface area contributed by atoms with E-state index in [1.54, 1.807) is 0 Å². The third-order valence-electron chi connectivity index (χ3n) is 4.20. The highest BCUT2D eigenvalue weighted by molar-refractivity contribution is 9.08. The van der Waals surface area contributed by atoms with E-state index >= 15 is 0 Å². The van der Waals surface area contributed by atoms with E-state index in [1.807, 2.05) is 11.7 Å². The van der Waals surface area contributed by atoms with Gasteiger partial charge in [-0.1, -0.05) is 34.1 Å². The Bertz CT molecular complexity index is 633. The Kier molecular flexibility index (Phi) is 3.59. The van der Waals surface area contributed by atoms with Gasteiger partial charge < -0.3 is 4.90 Å². The van der Waals surface area contributed by atoms with Gasteiger partial charge in [0.15, 0.2) is 0 Å². The minimum absolute atomic E-state index is 0.498. The third-order valence-corrected chi connectivity index (χ3v) is 4.76. The molecule has 20 heavy (non-hydrogen) atoms. The third kappa shape index (κ3) is 2.06. The summed E-state index contributed by atoms with van der Waals surface area (Å²) in [5, 5.41) is 5.45. The number of anilines is 2. The molecule has 0 bridgehead atoms. The molecule has 3 nitrogen and oxygen atoms in total. The van der Waals surface area contributed by atoms with Crippen molar-refractivity contribution in [2.24, 2.45) is 7.05 Å². The van der Waals surface area contributed by atoms with E-state index in [9.17, 15) is 0 Å². The van der Waals surface area contributed by atoms with Gasteiger partial charge in [0.05, 0.1) is 5.69 Å². The van der Waals surface area contributed by atoms with Crippen molar-refractivity contribution < 1.29 is 0 Å². The van der Waals surface area contributed by atoms with E-state index in [2.05, 4.69) is 64.0 Å². The van der Waals surface area contributed by atoms with Crippen LogP contribution in [-0.4, -0.2) is 15.8 Å². The van der Waals surface area contributed by atoms with Crippen LogP contribution in [-0.2, 0) is 18.8 Å². The minimum Gasteiger partial charge on any atom is -0.323 e. The van der Waals surface area contributed by atoms with Crippen LogP contribution in [0.1, 0.15) is 30.2 Å². The number of alkyl halides is 1. The Morgan fingerprint density at radius 1 is 1.35 bits per heavy atom. The molecule has 1 atom stereocenters. The quantitative estimate of drug-likeness (QED) is 0.771. The highest BCUT2D eigenvalue weighted by Crippen LogP contribution is 2.39. The van der Waals surface area contributed by atoms with Crippen LogP contribution in [0.15, 0.2) is 24.3 Å². The van der Waals surface area contributed by atoms with Gasteiger partial charge in [-0.25, -0.2) is 0 Å². The van der Waals surface area contributed by atoms with Crippen LogP contribution in [0.5, 0.6) is 0 Å². The van der Waals surface area contributed by atoms with Gasteiger partial charge in [-0.2, -0.15) is 5.10 Å². The summed E-state index contributed by atoms with van der Waals surface area (Å²) in [5.41, 5.74) is 5.16. The van der Waals surface area contributed by atoms with Crippen LogP contribution >= 0.6 is 15.9 Å². The van der Waals surface area contributed by atoms with Gasteiger partial charge in [0.1, 0.15) is 5.82 Å². The maximum absolute atomic E-state index is 4.61. The highest BCUT2D eigenvalue weighted by atomic mass is 79.9. The summed E-state index contributed by atoms with van der Waals surface area (Å²) >= 11 is 3.62. The van der Waals surface area contributed by atoms with E-state index in [4.69, 9.17) is 0 Å². The molecule has 0 spiro atoms. The summed E-state index contributed by atoms with van der Waals surface area (Å²) in [6, 6.07) is 9.22. The maximum Gasteiger partial charge on any atom is 0.135 e. The molecular formula is C16H20BrN3. The lowest BCUT2D eigenvalue weighted by Gasteiger charge is -2.37. The first kappa shape index (κ1) is 13.7. The summed E-state index contributed by atoms with van der Waals surface area (Å²) in [6.45, 7) is 4.39. The average Bonchev–Trinajstić information content (AvgIpc) is 2.72. The van der Waals surface area contributed by atoms with Gasteiger partial charge in [-0.05, 0) is 38.3 Å². The first-order chi connectivity index (χ1) is 9.63. The fourth-order valence-electron chi connectivity index (χ4n) is 3.16. The summed E-state index contributed by atoms with van der Waals surface area (Å²) < 4.78 is 2.02. The molecule has 1 aliphatic rings. The van der Waals surface area contributed by atoms with Crippen LogP contribution in [0.2, 0.25) is 0 Å². The number of aromatic nitrogens is 2. The molecule has 4 heteroatoms. The molecule has 0 fully saturated rings. The zero-order valence-electron chi connectivity index (χ0n) is 12.2. The van der Waals surface area contributed by atoms with E-state index in [-0.39, 0.29) is 0 Å². The van der Waals surface area contributed by atoms with Crippen molar-refractivity contribution in [3.63, 3.8) is 0 Å². The molecule has 0 saturated carbocycles. The molecule has 1 aromatic heterocycles. The Balaban J connectivity index is 2.19. The fourth-order valence-corrected chi connectivity index (χ4v) is 3.82. The summed E-state index contributed by atoms with van der Waals surface area (Å²) in [6.07, 6.45) is 2.34. The average molecular weight is 334 g/mol. The molecule has 1 aromatic carbocycles. The molecule has 2 aromatic rings. The van der Waals surface area contributed by atoms with Crippen molar-refractivity contribution in [3.05, 3.63) is 41.1 Å². The number of halogens is 1. The standard InChI is InChI=1S/C16H20BrN3/c1-11-8-9-13-6-4-5-7-15(13)20(11)16-14(10-17)12(2)18-19(16)3/h4-7,11H,8-10H2,1-3H3. The summed E-state index contributed by atoms with van der Waals surface area (Å²) in [4.78, 5) is 2.45. The van der Waals surface area contributed by atoms with Crippen LogP contribution in [0.25, 0.3) is 0 Å². The van der Waals surface area contributed by atoms with Gasteiger partial charge in [-0.3, -0.25) is 4.68 Å². The SMILES string of the molecule is Cc1nn(C)c(N2c3ccccc3CCC2C)c1CBr. The zero-order chi connectivity index (χ0) is 14.3. The van der Waals surface area contributed by atoms with Crippen molar-refractivity contribution in [2.75, 3.05) is 4.90 Å². The lowest BCUT2D eigenvalue weighted by molar-refractivity contribution is 0.596. The number of fused-ring (bicyclic) bond motifs is 1. The van der Waals surface area contributed by atoms with Crippen LogP contribution in [0.3, 0.4) is 0 Å². The Morgan fingerprint density at radius 3 is 2.85 bits per heavy atom. The topological polar surface area (TPSA) is 21.1 Å². The predicted octanol–water partition coefficient (Wildman–Crippen LogP) is 4.10. The number of para-hydroxylation sites is 1. The van der Waals surface area contributed by atoms with E-state index in [1.165, 1.54) is 29.1 Å². The lowest BCUT2D eigenvalue weighted by Crippen LogP contribution is -2.35. The number of rotatable bonds is 2. The lowest BCUT2D eigenvalue weighted by atomic mass is 9.96. The molecule has 2 heterocycles. The number of benzene rings is 1. The molecule has 106 valence electrons. The maximum atomic E-state index is 4.61. The van der Waals surface area contributed by atoms with Crippen LogP contribution in [0.4, 0.5) is 11.5 Å². The van der Waals surface area contributed by atoms with Gasteiger partial charge in [0, 0.05) is 29.7 Å². The Hall–Kier alpha value is -1.29. The number of nitrogens with zero attached hydrogens (tertiary/aromatic N) is 3. The van der Waals surface area contributed by atoms with Gasteiger partial charge >= 0.3 is 0 Å². The molecule has 1 unspecified atom stereocenters. The summed E-state index contributed by atoms with van der Waals surface area (Å²) in [7, 11) is 2.04. The first-order valence-corrected chi connectivity index (χ1v) is 8.21. The van der Waals surface area contributed by atoms with Crippen molar-refractivity contribution in [3.8, 4) is 0 Å². The second kappa shape index (κ2) is 5.24. The van der Waals surface area contributed by atoms with E-state index in [0.717, 1.165) is 17.4 Å². The molecule has 1 aliphatic heterocycles. The van der Waals surface area contributed by atoms with Crippen molar-refractivity contribution in [1.82, 2.24) is 9.78 Å². The fraction of sp³-hybridized carbons (Fsp3) is 0.438. The number of hydrogen-bond donors (Lipinski definition) is 0. The van der Waals surface area contributed by atoms with Gasteiger partial charge in [0.25, 0.3) is 0 Å². The van der Waals surface area contributed by atoms with Gasteiger partial charge in [-0.15, -0.1) is 0 Å². The predicted molar refractivity (Wildman–Crippen MR) is 86.9 cm³/mol. The van der Waals surface area contributed by atoms with Crippen LogP contribution < -0.4 is 4.90 Å². The van der Waals surface area contributed by atoms with Crippen molar-refractivity contribution >= 4 is 27.4 Å². The second-order valence-electron chi connectivity index (χ2n) is 5.53. The van der Waals surface area contributed by atoms with Crippen molar-refractivity contribution in [2.45, 2.75) is 38.1 Å². The zero-order valence-corrected chi connectivity index (χ0v) is 13.8. The monoisotopic (exact) mass is 333 g/mol. The normalized spacial score (nSPS) is 18.2. The molecular weight excluding hydrogens is 314 g/mol. The van der Waals surface area contributed by atoms with Crippen LogP contribution in [0, 0.1) is 6.92 Å². The number of aryl methyl sites for hydroxylation is 3. The minimum atomic E-state index is 0.498. The smallest absolute Gasteiger partial charge is 0.135 e. The molecule has 3 rings (SSSR count).